The summed E-state index contributed by atoms with van der Waals surface area (Å²) < 4.78 is 5.55. The summed E-state index contributed by atoms with van der Waals surface area (Å²) in [4.78, 5) is 11.5. The van der Waals surface area contributed by atoms with Gasteiger partial charge in [0.1, 0.15) is 0 Å². The minimum atomic E-state index is -0.529. The lowest BCUT2D eigenvalue weighted by atomic mass is 10.2. The molecule has 0 unspecified atom stereocenters. The van der Waals surface area contributed by atoms with Crippen LogP contribution in [0.4, 0.5) is 0 Å². The SMILES string of the molecule is CCCCCCC(=O)SCCCCO[Si](C)C. The van der Waals surface area contributed by atoms with Crippen LogP contribution >= 0.6 is 11.8 Å². The van der Waals surface area contributed by atoms with E-state index in [9.17, 15) is 4.79 Å². The van der Waals surface area contributed by atoms with Gasteiger partial charge in [0.2, 0.25) is 9.04 Å². The highest BCUT2D eigenvalue weighted by molar-refractivity contribution is 8.13. The lowest BCUT2D eigenvalue weighted by Crippen LogP contribution is -2.08. The molecule has 17 heavy (non-hydrogen) atoms. The largest absolute Gasteiger partial charge is 0.417 e. The zero-order chi connectivity index (χ0) is 12.9. The second-order valence-corrected chi connectivity index (χ2v) is 7.75. The van der Waals surface area contributed by atoms with E-state index in [-0.39, 0.29) is 0 Å². The summed E-state index contributed by atoms with van der Waals surface area (Å²) in [5, 5.41) is 0.373. The van der Waals surface area contributed by atoms with Crippen molar-refractivity contribution in [2.24, 2.45) is 0 Å². The Morgan fingerprint density at radius 2 is 1.88 bits per heavy atom. The van der Waals surface area contributed by atoms with Crippen LogP contribution in [0.15, 0.2) is 0 Å². The molecular weight excluding hydrogens is 248 g/mol. The van der Waals surface area contributed by atoms with Crippen molar-refractivity contribution < 1.29 is 9.22 Å². The standard InChI is InChI=1S/C13H27O2SSi/c1-4-5-6-7-10-13(14)16-12-9-8-11-15-17(2)3/h4-12H2,1-3H3. The van der Waals surface area contributed by atoms with E-state index in [1.807, 2.05) is 0 Å². The maximum atomic E-state index is 11.5. The van der Waals surface area contributed by atoms with Gasteiger partial charge in [0, 0.05) is 18.8 Å². The Bertz CT molecular complexity index is 186. The van der Waals surface area contributed by atoms with Gasteiger partial charge in [-0.1, -0.05) is 37.9 Å². The van der Waals surface area contributed by atoms with Gasteiger partial charge in [0.05, 0.1) is 0 Å². The number of carbonyl (C=O) groups is 1. The molecule has 0 aromatic rings. The predicted molar refractivity (Wildman–Crippen MR) is 78.9 cm³/mol. The summed E-state index contributed by atoms with van der Waals surface area (Å²) in [5.41, 5.74) is 0. The first-order valence-corrected chi connectivity index (χ1v) is 10.1. The van der Waals surface area contributed by atoms with Crippen LogP contribution in [0.5, 0.6) is 0 Å². The molecule has 0 heterocycles. The Kier molecular flexibility index (Phi) is 12.8. The molecule has 0 aliphatic carbocycles. The zero-order valence-electron chi connectivity index (χ0n) is 11.6. The molecule has 0 N–H and O–H groups in total. The van der Waals surface area contributed by atoms with Crippen molar-refractivity contribution in [3.05, 3.63) is 0 Å². The summed E-state index contributed by atoms with van der Waals surface area (Å²) in [7, 11) is -0.529. The molecule has 0 atom stereocenters. The summed E-state index contributed by atoms with van der Waals surface area (Å²) in [6.07, 6.45) is 7.71. The van der Waals surface area contributed by atoms with Crippen LogP contribution in [0.25, 0.3) is 0 Å². The van der Waals surface area contributed by atoms with Crippen molar-refractivity contribution in [2.45, 2.75) is 65.0 Å². The van der Waals surface area contributed by atoms with Gasteiger partial charge < -0.3 is 4.43 Å². The van der Waals surface area contributed by atoms with Crippen LogP contribution in [0.1, 0.15) is 51.9 Å². The normalized spacial score (nSPS) is 11.1. The lowest BCUT2D eigenvalue weighted by molar-refractivity contribution is -0.111. The van der Waals surface area contributed by atoms with Gasteiger partial charge in [0.25, 0.3) is 0 Å². The van der Waals surface area contributed by atoms with E-state index in [1.165, 1.54) is 31.0 Å². The van der Waals surface area contributed by atoms with Crippen molar-refractivity contribution in [1.29, 1.82) is 0 Å². The first-order valence-electron chi connectivity index (χ1n) is 6.75. The van der Waals surface area contributed by atoms with Gasteiger partial charge in [0.15, 0.2) is 5.12 Å². The Morgan fingerprint density at radius 1 is 1.12 bits per heavy atom. The topological polar surface area (TPSA) is 26.3 Å². The molecule has 101 valence electrons. The van der Waals surface area contributed by atoms with Crippen LogP contribution in [-0.2, 0) is 9.22 Å². The molecule has 0 bridgehead atoms. The van der Waals surface area contributed by atoms with Crippen LogP contribution in [-0.4, -0.2) is 26.5 Å². The summed E-state index contributed by atoms with van der Waals surface area (Å²) in [6, 6.07) is 0. The Hall–Kier alpha value is 0.197. The third-order valence-corrected chi connectivity index (χ3v) is 4.23. The molecule has 0 saturated carbocycles. The van der Waals surface area contributed by atoms with Crippen LogP contribution in [0.3, 0.4) is 0 Å². The highest BCUT2D eigenvalue weighted by Gasteiger charge is 2.02. The highest BCUT2D eigenvalue weighted by Crippen LogP contribution is 2.12. The number of unbranched alkanes of at least 4 members (excludes halogenated alkanes) is 4. The fourth-order valence-corrected chi connectivity index (χ4v) is 2.85. The average Bonchev–Trinajstić information content (AvgIpc) is 2.29. The molecule has 0 aromatic heterocycles. The van der Waals surface area contributed by atoms with E-state index >= 15 is 0 Å². The van der Waals surface area contributed by atoms with E-state index in [4.69, 9.17) is 4.43 Å². The van der Waals surface area contributed by atoms with Crippen LogP contribution in [0.2, 0.25) is 13.1 Å². The maximum Gasteiger partial charge on any atom is 0.204 e. The molecule has 0 fully saturated rings. The Labute approximate surface area is 113 Å². The Morgan fingerprint density at radius 3 is 2.53 bits per heavy atom. The molecule has 2 nitrogen and oxygen atoms in total. The van der Waals surface area contributed by atoms with Crippen LogP contribution < -0.4 is 0 Å². The molecular formula is C13H27O2SSi. The van der Waals surface area contributed by atoms with Crippen molar-refractivity contribution in [1.82, 2.24) is 0 Å². The van der Waals surface area contributed by atoms with Gasteiger partial charge in [-0.2, -0.15) is 0 Å². The fourth-order valence-electron chi connectivity index (χ4n) is 1.43. The van der Waals surface area contributed by atoms with Gasteiger partial charge in [-0.15, -0.1) is 0 Å². The number of thioether (sulfide) groups is 1. The molecule has 0 aliphatic rings. The fraction of sp³-hybridized carbons (Fsp3) is 0.923. The molecule has 0 spiro atoms. The van der Waals surface area contributed by atoms with E-state index < -0.39 is 9.04 Å². The second-order valence-electron chi connectivity index (χ2n) is 4.49. The predicted octanol–water partition coefficient (Wildman–Crippen LogP) is 4.26. The van der Waals surface area contributed by atoms with Gasteiger partial charge in [-0.05, 0) is 32.4 Å². The summed E-state index contributed by atoms with van der Waals surface area (Å²) in [6.45, 7) is 7.36. The van der Waals surface area contributed by atoms with Crippen molar-refractivity contribution in [2.75, 3.05) is 12.4 Å². The van der Waals surface area contributed by atoms with Crippen molar-refractivity contribution >= 4 is 25.9 Å². The maximum absolute atomic E-state index is 11.5. The highest BCUT2D eigenvalue weighted by atomic mass is 32.2. The minimum absolute atomic E-state index is 0.373. The number of carbonyl (C=O) groups excluding carboxylic acids is 1. The molecule has 0 aliphatic heterocycles. The second kappa shape index (κ2) is 12.6. The monoisotopic (exact) mass is 275 g/mol. The summed E-state index contributed by atoms with van der Waals surface area (Å²) >= 11 is 1.51. The van der Waals surface area contributed by atoms with E-state index in [2.05, 4.69) is 20.0 Å². The average molecular weight is 276 g/mol. The number of hydrogen-bond acceptors (Lipinski definition) is 3. The zero-order valence-corrected chi connectivity index (χ0v) is 13.4. The number of hydrogen-bond donors (Lipinski definition) is 0. The smallest absolute Gasteiger partial charge is 0.204 e. The number of rotatable bonds is 11. The molecule has 4 heteroatoms. The van der Waals surface area contributed by atoms with Gasteiger partial charge in [-0.3, -0.25) is 4.79 Å². The van der Waals surface area contributed by atoms with Gasteiger partial charge >= 0.3 is 0 Å². The summed E-state index contributed by atoms with van der Waals surface area (Å²) in [5.74, 6) is 0.964. The lowest BCUT2D eigenvalue weighted by Gasteiger charge is -2.05. The van der Waals surface area contributed by atoms with Crippen LogP contribution in [0, 0.1) is 0 Å². The molecule has 0 aromatic carbocycles. The molecule has 0 rings (SSSR count). The molecule has 0 saturated heterocycles. The third kappa shape index (κ3) is 14.1. The van der Waals surface area contributed by atoms with Crippen molar-refractivity contribution in [3.8, 4) is 0 Å². The van der Waals surface area contributed by atoms with Gasteiger partial charge in [-0.25, -0.2) is 0 Å². The molecule has 0 amide bonds. The first-order chi connectivity index (χ1) is 8.16. The van der Waals surface area contributed by atoms with Crippen molar-refractivity contribution in [3.63, 3.8) is 0 Å². The van der Waals surface area contributed by atoms with E-state index in [0.717, 1.165) is 38.0 Å². The van der Waals surface area contributed by atoms with E-state index in [1.54, 1.807) is 0 Å². The van der Waals surface area contributed by atoms with E-state index in [0.29, 0.717) is 5.12 Å². The minimum Gasteiger partial charge on any atom is -0.417 e. The Balaban J connectivity index is 3.16. The molecule has 1 radical (unpaired) electrons. The third-order valence-electron chi connectivity index (χ3n) is 2.43. The first kappa shape index (κ1) is 17.2. The quantitative estimate of drug-likeness (QED) is 0.416.